The maximum atomic E-state index is 8.62. The molecule has 0 saturated carbocycles. The summed E-state index contributed by atoms with van der Waals surface area (Å²) < 4.78 is 15.1. The predicted octanol–water partition coefficient (Wildman–Crippen LogP) is -0.799. The number of ether oxygens (including phenoxy) is 2. The molecule has 0 saturated heterocycles. The molecule has 1 aromatic rings. The van der Waals surface area contributed by atoms with Crippen LogP contribution in [0.4, 0.5) is 0 Å². The Morgan fingerprint density at radius 3 is 2.93 bits per heavy atom. The second kappa shape index (κ2) is 3.73. The van der Waals surface area contributed by atoms with Crippen molar-refractivity contribution in [1.82, 2.24) is 4.98 Å². The van der Waals surface area contributed by atoms with Gasteiger partial charge in [0.05, 0.1) is 0 Å². The zero-order valence-corrected chi connectivity index (χ0v) is 7.21. The van der Waals surface area contributed by atoms with E-state index in [-0.39, 0.29) is 5.75 Å². The van der Waals surface area contributed by atoms with Gasteiger partial charge in [0.1, 0.15) is 13.2 Å². The molecule has 2 N–H and O–H groups in total. The van der Waals surface area contributed by atoms with E-state index in [0.29, 0.717) is 24.8 Å². The molecule has 1 aliphatic rings. The first-order chi connectivity index (χ1) is 6.77. The van der Waals surface area contributed by atoms with Gasteiger partial charge in [-0.05, 0) is 0 Å². The van der Waals surface area contributed by atoms with Gasteiger partial charge < -0.3 is 24.2 Å². The summed E-state index contributed by atoms with van der Waals surface area (Å²) in [5, 5.41) is 17.2. The van der Waals surface area contributed by atoms with Crippen LogP contribution in [-0.2, 0) is 0 Å². The van der Waals surface area contributed by atoms with E-state index in [4.69, 9.17) is 19.5 Å². The van der Waals surface area contributed by atoms with Crippen molar-refractivity contribution in [2.24, 2.45) is 0 Å². The fraction of sp³-hybridized carbons (Fsp3) is 0.286. The molecule has 1 aromatic heterocycles. The fourth-order valence-electron chi connectivity index (χ4n) is 1.14. The van der Waals surface area contributed by atoms with E-state index in [9.17, 15) is 0 Å². The van der Waals surface area contributed by atoms with Crippen molar-refractivity contribution in [1.29, 1.82) is 0 Å². The van der Waals surface area contributed by atoms with E-state index in [1.165, 1.54) is 12.3 Å². The van der Waals surface area contributed by atoms with Crippen molar-refractivity contribution in [3.63, 3.8) is 0 Å². The number of fused-ring (bicyclic) bond motifs is 1. The zero-order chi connectivity index (χ0) is 9.97. The SMILES string of the molecule is OB(O)Oc1ccnc2c1OCCO2. The minimum atomic E-state index is -1.88. The normalized spacial score (nSPS) is 13.6. The van der Waals surface area contributed by atoms with Crippen molar-refractivity contribution < 1.29 is 24.2 Å². The molecular weight excluding hydrogens is 189 g/mol. The third-order valence-corrected chi connectivity index (χ3v) is 1.64. The Morgan fingerprint density at radius 1 is 1.36 bits per heavy atom. The Morgan fingerprint density at radius 2 is 2.14 bits per heavy atom. The van der Waals surface area contributed by atoms with E-state index in [1.807, 2.05) is 0 Å². The predicted molar refractivity (Wildman–Crippen MR) is 46.0 cm³/mol. The zero-order valence-electron chi connectivity index (χ0n) is 7.21. The highest BCUT2D eigenvalue weighted by atomic mass is 16.6. The van der Waals surface area contributed by atoms with E-state index < -0.39 is 7.32 Å². The molecule has 2 heterocycles. The summed E-state index contributed by atoms with van der Waals surface area (Å²) in [7, 11) is -1.88. The molecule has 0 fully saturated rings. The van der Waals surface area contributed by atoms with Gasteiger partial charge in [-0.3, -0.25) is 0 Å². The van der Waals surface area contributed by atoms with Crippen LogP contribution in [0.2, 0.25) is 0 Å². The van der Waals surface area contributed by atoms with Gasteiger partial charge in [0, 0.05) is 12.3 Å². The molecule has 0 spiro atoms. The Bertz CT molecular complexity index is 332. The number of hydrogen-bond donors (Lipinski definition) is 2. The largest absolute Gasteiger partial charge is 0.707 e. The van der Waals surface area contributed by atoms with Gasteiger partial charge in [0.2, 0.25) is 5.75 Å². The highest BCUT2D eigenvalue weighted by molar-refractivity contribution is 6.33. The molecule has 0 aliphatic carbocycles. The lowest BCUT2D eigenvalue weighted by atomic mass is 10.2. The van der Waals surface area contributed by atoms with E-state index >= 15 is 0 Å². The highest BCUT2D eigenvalue weighted by Crippen LogP contribution is 2.36. The summed E-state index contributed by atoms with van der Waals surface area (Å²) in [4.78, 5) is 3.90. The molecular formula is C7H8BNO5. The van der Waals surface area contributed by atoms with Gasteiger partial charge in [-0.1, -0.05) is 0 Å². The lowest BCUT2D eigenvalue weighted by molar-refractivity contribution is 0.158. The molecule has 74 valence electrons. The fourth-order valence-corrected chi connectivity index (χ4v) is 1.14. The third kappa shape index (κ3) is 1.73. The van der Waals surface area contributed by atoms with Crippen LogP contribution < -0.4 is 14.1 Å². The number of rotatable bonds is 2. The Balaban J connectivity index is 2.30. The standard InChI is InChI=1S/C7H8BNO5/c10-8(11)14-5-1-2-9-7-6(5)12-3-4-13-7/h1-2,10-11H,3-4H2. The smallest absolute Gasteiger partial charge is 0.509 e. The van der Waals surface area contributed by atoms with Crippen molar-refractivity contribution in [3.8, 4) is 17.4 Å². The van der Waals surface area contributed by atoms with Gasteiger partial charge in [-0.2, -0.15) is 0 Å². The molecule has 1 aliphatic heterocycles. The average Bonchev–Trinajstić information content (AvgIpc) is 2.18. The van der Waals surface area contributed by atoms with Crippen LogP contribution in [-0.4, -0.2) is 35.6 Å². The van der Waals surface area contributed by atoms with Gasteiger partial charge in [-0.25, -0.2) is 4.98 Å². The molecule has 0 bridgehead atoms. The first-order valence-electron chi connectivity index (χ1n) is 4.05. The Labute approximate surface area is 80.2 Å². The lowest BCUT2D eigenvalue weighted by Crippen LogP contribution is -2.23. The second-order valence-corrected chi connectivity index (χ2v) is 2.58. The summed E-state index contributed by atoms with van der Waals surface area (Å²) in [6.07, 6.45) is 1.44. The van der Waals surface area contributed by atoms with Crippen molar-refractivity contribution in [2.45, 2.75) is 0 Å². The molecule has 7 heteroatoms. The van der Waals surface area contributed by atoms with E-state index in [0.717, 1.165) is 0 Å². The molecule has 0 aromatic carbocycles. The van der Waals surface area contributed by atoms with Gasteiger partial charge in [-0.15, -0.1) is 0 Å². The second-order valence-electron chi connectivity index (χ2n) is 2.58. The first kappa shape index (κ1) is 9.10. The summed E-state index contributed by atoms with van der Waals surface area (Å²) in [6, 6.07) is 1.47. The van der Waals surface area contributed by atoms with Crippen LogP contribution >= 0.6 is 0 Å². The minimum absolute atomic E-state index is 0.199. The molecule has 0 amide bonds. The summed E-state index contributed by atoms with van der Waals surface area (Å²) in [5.74, 6) is 0.797. The number of nitrogens with zero attached hydrogens (tertiary/aromatic N) is 1. The molecule has 14 heavy (non-hydrogen) atoms. The lowest BCUT2D eigenvalue weighted by Gasteiger charge is -2.19. The van der Waals surface area contributed by atoms with E-state index in [1.54, 1.807) is 0 Å². The number of pyridine rings is 1. The molecule has 2 rings (SSSR count). The van der Waals surface area contributed by atoms with Crippen LogP contribution in [0.1, 0.15) is 0 Å². The summed E-state index contributed by atoms with van der Waals surface area (Å²) in [5.41, 5.74) is 0. The highest BCUT2D eigenvalue weighted by Gasteiger charge is 2.21. The van der Waals surface area contributed by atoms with E-state index in [2.05, 4.69) is 9.64 Å². The minimum Gasteiger partial charge on any atom is -0.509 e. The maximum absolute atomic E-state index is 8.62. The molecule has 6 nitrogen and oxygen atoms in total. The Hall–Kier alpha value is -1.47. The monoisotopic (exact) mass is 197 g/mol. The first-order valence-corrected chi connectivity index (χ1v) is 4.05. The molecule has 0 unspecified atom stereocenters. The quantitative estimate of drug-likeness (QED) is 0.604. The van der Waals surface area contributed by atoms with Crippen LogP contribution in [0.25, 0.3) is 0 Å². The molecule has 0 atom stereocenters. The Kier molecular flexibility index (Phi) is 2.42. The number of hydrogen-bond acceptors (Lipinski definition) is 6. The van der Waals surface area contributed by atoms with Crippen LogP contribution in [0.15, 0.2) is 12.3 Å². The summed E-state index contributed by atoms with van der Waals surface area (Å²) >= 11 is 0. The van der Waals surface area contributed by atoms with Crippen LogP contribution in [0, 0.1) is 0 Å². The van der Waals surface area contributed by atoms with Gasteiger partial charge in [0.15, 0.2) is 5.75 Å². The van der Waals surface area contributed by atoms with Crippen molar-refractivity contribution in [2.75, 3.05) is 13.2 Å². The maximum Gasteiger partial charge on any atom is 0.707 e. The topological polar surface area (TPSA) is 81.0 Å². The van der Waals surface area contributed by atoms with Gasteiger partial charge in [0.25, 0.3) is 5.88 Å². The van der Waals surface area contributed by atoms with Crippen LogP contribution in [0.5, 0.6) is 17.4 Å². The van der Waals surface area contributed by atoms with Gasteiger partial charge >= 0.3 is 7.32 Å². The van der Waals surface area contributed by atoms with Crippen LogP contribution in [0.3, 0.4) is 0 Å². The summed E-state index contributed by atoms with van der Waals surface area (Å²) in [6.45, 7) is 0.807. The van der Waals surface area contributed by atoms with Crippen molar-refractivity contribution in [3.05, 3.63) is 12.3 Å². The van der Waals surface area contributed by atoms with Crippen molar-refractivity contribution >= 4 is 7.32 Å². The third-order valence-electron chi connectivity index (χ3n) is 1.64. The number of aromatic nitrogens is 1. The molecule has 0 radical (unpaired) electrons. The average molecular weight is 197 g/mol.